The SMILES string of the molecule is NCC1Oc2ccccc2-c2ccc(Cl)cc21. The molecular weight excluding hydrogens is 234 g/mol. The second kappa shape index (κ2) is 4.06. The van der Waals surface area contributed by atoms with Crippen molar-refractivity contribution in [2.24, 2.45) is 5.73 Å². The van der Waals surface area contributed by atoms with Crippen molar-refractivity contribution in [2.45, 2.75) is 6.10 Å². The lowest BCUT2D eigenvalue weighted by Crippen LogP contribution is -2.22. The summed E-state index contributed by atoms with van der Waals surface area (Å²) < 4.78 is 5.88. The van der Waals surface area contributed by atoms with Crippen LogP contribution in [-0.2, 0) is 0 Å². The van der Waals surface area contributed by atoms with E-state index in [9.17, 15) is 0 Å². The molecule has 0 spiro atoms. The molecule has 1 heterocycles. The maximum Gasteiger partial charge on any atom is 0.137 e. The van der Waals surface area contributed by atoms with Gasteiger partial charge in [-0.25, -0.2) is 0 Å². The van der Waals surface area contributed by atoms with Gasteiger partial charge in [0, 0.05) is 22.7 Å². The largest absolute Gasteiger partial charge is 0.484 e. The van der Waals surface area contributed by atoms with Crippen molar-refractivity contribution in [3.63, 3.8) is 0 Å². The van der Waals surface area contributed by atoms with Crippen LogP contribution in [0.15, 0.2) is 42.5 Å². The van der Waals surface area contributed by atoms with E-state index in [2.05, 4.69) is 6.07 Å². The summed E-state index contributed by atoms with van der Waals surface area (Å²) in [6.07, 6.45) is -0.112. The van der Waals surface area contributed by atoms with E-state index in [1.54, 1.807) is 0 Å². The molecule has 0 aromatic heterocycles. The number of para-hydroxylation sites is 1. The molecule has 0 fully saturated rings. The average Bonchev–Trinajstić information content (AvgIpc) is 2.37. The minimum absolute atomic E-state index is 0.112. The first-order valence-corrected chi connectivity index (χ1v) is 5.93. The highest BCUT2D eigenvalue weighted by Crippen LogP contribution is 2.42. The first kappa shape index (κ1) is 10.6. The van der Waals surface area contributed by atoms with Gasteiger partial charge in [-0.05, 0) is 23.8 Å². The number of nitrogens with two attached hydrogens (primary N) is 1. The molecule has 17 heavy (non-hydrogen) atoms. The molecular formula is C14H12ClNO. The summed E-state index contributed by atoms with van der Waals surface area (Å²) in [6, 6.07) is 13.9. The fourth-order valence-corrected chi connectivity index (χ4v) is 2.41. The molecule has 0 saturated carbocycles. The highest BCUT2D eigenvalue weighted by Gasteiger charge is 2.24. The molecule has 1 unspecified atom stereocenters. The Bertz CT molecular complexity index is 568. The lowest BCUT2D eigenvalue weighted by atomic mass is 9.93. The molecule has 3 heteroatoms. The third-order valence-electron chi connectivity index (χ3n) is 3.02. The maximum absolute atomic E-state index is 6.03. The molecule has 86 valence electrons. The van der Waals surface area contributed by atoms with E-state index in [0.29, 0.717) is 11.6 Å². The normalized spacial score (nSPS) is 16.9. The number of hydrogen-bond donors (Lipinski definition) is 1. The quantitative estimate of drug-likeness (QED) is 0.836. The minimum Gasteiger partial charge on any atom is -0.484 e. The van der Waals surface area contributed by atoms with Crippen LogP contribution >= 0.6 is 11.6 Å². The van der Waals surface area contributed by atoms with Crippen LogP contribution in [0.25, 0.3) is 11.1 Å². The Morgan fingerprint density at radius 2 is 1.94 bits per heavy atom. The smallest absolute Gasteiger partial charge is 0.137 e. The van der Waals surface area contributed by atoms with Crippen LogP contribution in [0.5, 0.6) is 5.75 Å². The van der Waals surface area contributed by atoms with Gasteiger partial charge in [-0.15, -0.1) is 0 Å². The maximum atomic E-state index is 6.03. The summed E-state index contributed by atoms with van der Waals surface area (Å²) in [6.45, 7) is 0.446. The first-order chi connectivity index (χ1) is 8.29. The van der Waals surface area contributed by atoms with Crippen LogP contribution in [-0.4, -0.2) is 6.54 Å². The molecule has 3 rings (SSSR count). The van der Waals surface area contributed by atoms with Gasteiger partial charge in [-0.2, -0.15) is 0 Å². The van der Waals surface area contributed by atoms with Gasteiger partial charge in [0.05, 0.1) is 0 Å². The Labute approximate surface area is 105 Å². The van der Waals surface area contributed by atoms with E-state index in [0.717, 1.165) is 22.4 Å². The molecule has 2 N–H and O–H groups in total. The van der Waals surface area contributed by atoms with Crippen molar-refractivity contribution in [1.29, 1.82) is 0 Å². The number of benzene rings is 2. The highest BCUT2D eigenvalue weighted by molar-refractivity contribution is 6.30. The fraction of sp³-hybridized carbons (Fsp3) is 0.143. The number of halogens is 1. The second-order valence-electron chi connectivity index (χ2n) is 4.07. The average molecular weight is 246 g/mol. The van der Waals surface area contributed by atoms with Crippen molar-refractivity contribution in [3.8, 4) is 16.9 Å². The van der Waals surface area contributed by atoms with Crippen LogP contribution in [0.4, 0.5) is 0 Å². The van der Waals surface area contributed by atoms with Gasteiger partial charge in [0.25, 0.3) is 0 Å². The zero-order chi connectivity index (χ0) is 11.8. The Morgan fingerprint density at radius 3 is 2.76 bits per heavy atom. The van der Waals surface area contributed by atoms with Gasteiger partial charge in [-0.1, -0.05) is 35.9 Å². The molecule has 1 aliphatic rings. The van der Waals surface area contributed by atoms with Crippen molar-refractivity contribution < 1.29 is 4.74 Å². The predicted molar refractivity (Wildman–Crippen MR) is 69.3 cm³/mol. The lowest BCUT2D eigenvalue weighted by molar-refractivity contribution is 0.211. The van der Waals surface area contributed by atoms with E-state index >= 15 is 0 Å². The summed E-state index contributed by atoms with van der Waals surface area (Å²) in [5, 5.41) is 0.713. The Kier molecular flexibility index (Phi) is 2.54. The van der Waals surface area contributed by atoms with Gasteiger partial charge >= 0.3 is 0 Å². The molecule has 1 aliphatic heterocycles. The lowest BCUT2D eigenvalue weighted by Gasteiger charge is -2.28. The van der Waals surface area contributed by atoms with Crippen molar-refractivity contribution in [2.75, 3.05) is 6.54 Å². The first-order valence-electron chi connectivity index (χ1n) is 5.55. The van der Waals surface area contributed by atoms with E-state index in [1.807, 2.05) is 36.4 Å². The van der Waals surface area contributed by atoms with Crippen LogP contribution in [0.3, 0.4) is 0 Å². The molecule has 0 bridgehead atoms. The molecule has 0 saturated heterocycles. The van der Waals surface area contributed by atoms with Crippen LogP contribution in [0, 0.1) is 0 Å². The van der Waals surface area contributed by atoms with E-state index < -0.39 is 0 Å². The van der Waals surface area contributed by atoms with Crippen LogP contribution in [0.1, 0.15) is 11.7 Å². The van der Waals surface area contributed by atoms with Crippen molar-refractivity contribution in [3.05, 3.63) is 53.1 Å². The second-order valence-corrected chi connectivity index (χ2v) is 4.51. The Balaban J connectivity index is 2.25. The van der Waals surface area contributed by atoms with Crippen molar-refractivity contribution >= 4 is 11.6 Å². The standard InChI is InChI=1S/C14H12ClNO/c15-9-5-6-10-11-3-1-2-4-13(11)17-14(8-16)12(10)7-9/h1-7,14H,8,16H2. The number of hydrogen-bond acceptors (Lipinski definition) is 2. The molecule has 1 atom stereocenters. The molecule has 0 amide bonds. The van der Waals surface area contributed by atoms with Crippen LogP contribution < -0.4 is 10.5 Å². The molecule has 0 radical (unpaired) electrons. The van der Waals surface area contributed by atoms with Gasteiger partial charge < -0.3 is 10.5 Å². The predicted octanol–water partition coefficient (Wildman–Crippen LogP) is 3.40. The third kappa shape index (κ3) is 1.70. The van der Waals surface area contributed by atoms with E-state index in [4.69, 9.17) is 22.1 Å². The van der Waals surface area contributed by atoms with Gasteiger partial charge in [0.15, 0.2) is 0 Å². The Morgan fingerprint density at radius 1 is 1.12 bits per heavy atom. The molecule has 0 aliphatic carbocycles. The summed E-state index contributed by atoms with van der Waals surface area (Å²) in [4.78, 5) is 0. The topological polar surface area (TPSA) is 35.2 Å². The van der Waals surface area contributed by atoms with Crippen LogP contribution in [0.2, 0.25) is 5.02 Å². The molecule has 2 aromatic carbocycles. The fourth-order valence-electron chi connectivity index (χ4n) is 2.23. The summed E-state index contributed by atoms with van der Waals surface area (Å²) in [5.74, 6) is 0.887. The number of ether oxygens (including phenoxy) is 1. The van der Waals surface area contributed by atoms with Gasteiger partial charge in [0.2, 0.25) is 0 Å². The molecule has 2 aromatic rings. The summed E-state index contributed by atoms with van der Waals surface area (Å²) in [5.41, 5.74) is 9.09. The van der Waals surface area contributed by atoms with Gasteiger partial charge in [-0.3, -0.25) is 0 Å². The monoisotopic (exact) mass is 245 g/mol. The summed E-state index contributed by atoms with van der Waals surface area (Å²) >= 11 is 6.03. The third-order valence-corrected chi connectivity index (χ3v) is 3.26. The summed E-state index contributed by atoms with van der Waals surface area (Å²) in [7, 11) is 0. The van der Waals surface area contributed by atoms with Crippen molar-refractivity contribution in [1.82, 2.24) is 0 Å². The van der Waals surface area contributed by atoms with Gasteiger partial charge in [0.1, 0.15) is 11.9 Å². The Hall–Kier alpha value is -1.51. The van der Waals surface area contributed by atoms with E-state index in [1.165, 1.54) is 0 Å². The zero-order valence-electron chi connectivity index (χ0n) is 9.19. The minimum atomic E-state index is -0.112. The number of fused-ring (bicyclic) bond motifs is 3. The van der Waals surface area contributed by atoms with E-state index in [-0.39, 0.29) is 6.10 Å². The zero-order valence-corrected chi connectivity index (χ0v) is 9.95. The number of rotatable bonds is 1. The highest BCUT2D eigenvalue weighted by atomic mass is 35.5. The molecule has 2 nitrogen and oxygen atoms in total.